The van der Waals surface area contributed by atoms with Crippen molar-refractivity contribution in [2.45, 2.75) is 13.0 Å². The minimum Gasteiger partial charge on any atom is -0.324 e. The molecule has 0 aliphatic rings. The molecule has 10 heteroatoms. The zero-order valence-corrected chi connectivity index (χ0v) is 17.7. The number of halogens is 1. The van der Waals surface area contributed by atoms with Crippen LogP contribution < -0.4 is 14.5 Å². The maximum Gasteiger partial charge on any atom is 0.307 e. The van der Waals surface area contributed by atoms with Crippen molar-refractivity contribution in [3.63, 3.8) is 0 Å². The summed E-state index contributed by atoms with van der Waals surface area (Å²) in [4.78, 5) is 24.4. The van der Waals surface area contributed by atoms with Gasteiger partial charge in [0.05, 0.1) is 22.2 Å². The number of nitrogens with one attached hydrogen (secondary N) is 1. The van der Waals surface area contributed by atoms with Crippen LogP contribution in [0.15, 0.2) is 47.3 Å². The number of anilines is 2. The van der Waals surface area contributed by atoms with Crippen molar-refractivity contribution in [1.82, 2.24) is 4.57 Å². The maximum absolute atomic E-state index is 12.8. The number of hydrogen-bond donors (Lipinski definition) is 1. The lowest BCUT2D eigenvalue weighted by Crippen LogP contribution is -2.45. The molecule has 28 heavy (non-hydrogen) atoms. The predicted octanol–water partition coefficient (Wildman–Crippen LogP) is 3.05. The van der Waals surface area contributed by atoms with Crippen LogP contribution in [0.4, 0.5) is 11.4 Å². The molecule has 7 nitrogen and oxygen atoms in total. The second kappa shape index (κ2) is 7.57. The van der Waals surface area contributed by atoms with E-state index in [-0.39, 0.29) is 4.87 Å². The molecule has 0 aliphatic carbocycles. The van der Waals surface area contributed by atoms with Gasteiger partial charge in [0.15, 0.2) is 0 Å². The van der Waals surface area contributed by atoms with E-state index in [0.29, 0.717) is 16.4 Å². The fourth-order valence-corrected chi connectivity index (χ4v) is 5.15. The molecule has 0 saturated heterocycles. The lowest BCUT2D eigenvalue weighted by atomic mass is 10.2. The number of sulfonamides is 1. The van der Waals surface area contributed by atoms with Crippen molar-refractivity contribution in [2.24, 2.45) is 7.05 Å². The highest BCUT2D eigenvalue weighted by Gasteiger charge is 2.29. The Kier molecular flexibility index (Phi) is 5.51. The zero-order chi connectivity index (χ0) is 20.6. The second-order valence-electron chi connectivity index (χ2n) is 6.31. The van der Waals surface area contributed by atoms with E-state index < -0.39 is 22.0 Å². The number of nitrogens with zero attached hydrogens (tertiary/aromatic N) is 2. The molecule has 1 atom stereocenters. The van der Waals surface area contributed by atoms with Gasteiger partial charge in [0.25, 0.3) is 0 Å². The van der Waals surface area contributed by atoms with Crippen molar-refractivity contribution in [1.29, 1.82) is 0 Å². The number of thiazole rings is 1. The Balaban J connectivity index is 1.90. The number of aryl methyl sites for hydroxylation is 1. The molecule has 0 saturated carbocycles. The molecule has 0 unspecified atom stereocenters. The topological polar surface area (TPSA) is 88.5 Å². The number of hydrogen-bond acceptors (Lipinski definition) is 5. The minimum atomic E-state index is -3.74. The molecule has 1 heterocycles. The van der Waals surface area contributed by atoms with Crippen molar-refractivity contribution in [3.8, 4) is 0 Å². The largest absolute Gasteiger partial charge is 0.324 e. The number of carbonyl (C=O) groups excluding carboxylic acids is 1. The summed E-state index contributed by atoms with van der Waals surface area (Å²) >= 11 is 7.05. The Morgan fingerprint density at radius 2 is 1.96 bits per heavy atom. The first-order valence-corrected chi connectivity index (χ1v) is 11.3. The summed E-state index contributed by atoms with van der Waals surface area (Å²) in [7, 11) is -2.06. The second-order valence-corrected chi connectivity index (χ2v) is 9.60. The maximum atomic E-state index is 12.8. The van der Waals surface area contributed by atoms with Gasteiger partial charge < -0.3 is 9.88 Å². The molecule has 1 N–H and O–H groups in total. The molecule has 2 aromatic carbocycles. The van der Waals surface area contributed by atoms with Gasteiger partial charge in [0.1, 0.15) is 6.04 Å². The van der Waals surface area contributed by atoms with E-state index >= 15 is 0 Å². The average molecular weight is 440 g/mol. The third kappa shape index (κ3) is 4.06. The summed E-state index contributed by atoms with van der Waals surface area (Å²) in [5, 5.41) is 3.08. The predicted molar refractivity (Wildman–Crippen MR) is 114 cm³/mol. The smallest absolute Gasteiger partial charge is 0.307 e. The summed E-state index contributed by atoms with van der Waals surface area (Å²) in [6.45, 7) is 1.50. The van der Waals surface area contributed by atoms with E-state index in [1.54, 1.807) is 43.4 Å². The minimum absolute atomic E-state index is 0.101. The van der Waals surface area contributed by atoms with Crippen LogP contribution in [-0.2, 0) is 21.9 Å². The first-order valence-electron chi connectivity index (χ1n) is 8.23. The van der Waals surface area contributed by atoms with Crippen LogP contribution in [0.3, 0.4) is 0 Å². The number of amides is 1. The molecular formula is C18H18ClN3O4S2. The van der Waals surface area contributed by atoms with Gasteiger partial charge in [-0.1, -0.05) is 29.0 Å². The van der Waals surface area contributed by atoms with Crippen molar-refractivity contribution >= 4 is 60.5 Å². The highest BCUT2D eigenvalue weighted by atomic mass is 35.5. The van der Waals surface area contributed by atoms with Gasteiger partial charge in [-0.25, -0.2) is 8.42 Å². The Morgan fingerprint density at radius 3 is 2.61 bits per heavy atom. The molecule has 1 aromatic heterocycles. The SMILES string of the molecule is C[C@H](C(=O)Nc1ccc2c(c1)sc(=O)n2C)N(c1cccc(Cl)c1)S(C)(=O)=O. The highest BCUT2D eigenvalue weighted by Crippen LogP contribution is 2.25. The molecule has 0 spiro atoms. The van der Waals surface area contributed by atoms with E-state index in [1.165, 1.54) is 17.6 Å². The summed E-state index contributed by atoms with van der Waals surface area (Å²) in [5.74, 6) is -0.506. The zero-order valence-electron chi connectivity index (χ0n) is 15.3. The highest BCUT2D eigenvalue weighted by molar-refractivity contribution is 7.92. The summed E-state index contributed by atoms with van der Waals surface area (Å²) in [6, 6.07) is 10.4. The first kappa shape index (κ1) is 20.4. The van der Waals surface area contributed by atoms with E-state index in [0.717, 1.165) is 32.1 Å². The van der Waals surface area contributed by atoms with Crippen molar-refractivity contribution in [3.05, 3.63) is 57.2 Å². The quantitative estimate of drug-likeness (QED) is 0.661. The number of benzene rings is 2. The molecule has 0 radical (unpaired) electrons. The van der Waals surface area contributed by atoms with E-state index in [4.69, 9.17) is 11.6 Å². The summed E-state index contributed by atoms with van der Waals surface area (Å²) in [5.41, 5.74) is 1.54. The third-order valence-electron chi connectivity index (χ3n) is 4.21. The Bertz CT molecular complexity index is 1220. The average Bonchev–Trinajstić information content (AvgIpc) is 2.87. The molecular weight excluding hydrogens is 422 g/mol. The Morgan fingerprint density at radius 1 is 1.25 bits per heavy atom. The summed E-state index contributed by atoms with van der Waals surface area (Å²) in [6.07, 6.45) is 1.03. The van der Waals surface area contributed by atoms with Crippen molar-refractivity contribution in [2.75, 3.05) is 15.9 Å². The standard InChI is InChI=1S/C18H18ClN3O4S2/c1-11(22(28(3,25)26)14-6-4-5-12(19)9-14)17(23)20-13-7-8-15-16(10-13)27-18(24)21(15)2/h4-11H,1-3H3,(H,20,23)/t11-/m1/s1. The number of aromatic nitrogens is 1. The van der Waals surface area contributed by atoms with Gasteiger partial charge in [-0.05, 0) is 43.3 Å². The van der Waals surface area contributed by atoms with Crippen LogP contribution in [0.25, 0.3) is 10.2 Å². The molecule has 3 rings (SSSR count). The number of carbonyl (C=O) groups is 1. The third-order valence-corrected chi connectivity index (χ3v) is 6.68. The Labute approximate surface area is 171 Å². The lowest BCUT2D eigenvalue weighted by Gasteiger charge is -2.28. The number of fused-ring (bicyclic) bond motifs is 1. The molecule has 0 aliphatic heterocycles. The van der Waals surface area contributed by atoms with Gasteiger partial charge in [-0.3, -0.25) is 13.9 Å². The van der Waals surface area contributed by atoms with Crippen LogP contribution in [0.2, 0.25) is 5.02 Å². The number of rotatable bonds is 5. The first-order chi connectivity index (χ1) is 13.1. The van der Waals surface area contributed by atoms with Gasteiger partial charge in [0.2, 0.25) is 15.9 Å². The van der Waals surface area contributed by atoms with Crippen LogP contribution in [-0.4, -0.2) is 31.2 Å². The van der Waals surface area contributed by atoms with Gasteiger partial charge in [-0.15, -0.1) is 0 Å². The fraction of sp³-hybridized carbons (Fsp3) is 0.222. The van der Waals surface area contributed by atoms with Crippen LogP contribution in [0.5, 0.6) is 0 Å². The lowest BCUT2D eigenvalue weighted by molar-refractivity contribution is -0.116. The fourth-order valence-electron chi connectivity index (χ4n) is 2.88. The molecule has 148 valence electrons. The van der Waals surface area contributed by atoms with E-state index in [1.807, 2.05) is 0 Å². The molecule has 0 fully saturated rings. The van der Waals surface area contributed by atoms with Gasteiger partial charge in [0, 0.05) is 17.8 Å². The van der Waals surface area contributed by atoms with Gasteiger partial charge >= 0.3 is 4.87 Å². The molecule has 0 bridgehead atoms. The molecule has 1 amide bonds. The molecule has 3 aromatic rings. The normalized spacial score (nSPS) is 12.7. The summed E-state index contributed by atoms with van der Waals surface area (Å²) < 4.78 is 27.9. The monoisotopic (exact) mass is 439 g/mol. The van der Waals surface area contributed by atoms with Crippen LogP contribution in [0.1, 0.15) is 6.92 Å². The van der Waals surface area contributed by atoms with E-state index in [2.05, 4.69) is 5.32 Å². The van der Waals surface area contributed by atoms with Crippen LogP contribution in [0, 0.1) is 0 Å². The van der Waals surface area contributed by atoms with Crippen LogP contribution >= 0.6 is 22.9 Å². The van der Waals surface area contributed by atoms with E-state index in [9.17, 15) is 18.0 Å². The van der Waals surface area contributed by atoms with Crippen molar-refractivity contribution < 1.29 is 13.2 Å². The van der Waals surface area contributed by atoms with Gasteiger partial charge in [-0.2, -0.15) is 0 Å². The Hall–Kier alpha value is -2.36.